The molecule has 0 saturated heterocycles. The van der Waals surface area contributed by atoms with Crippen molar-refractivity contribution in [1.29, 1.82) is 0 Å². The molecule has 0 unspecified atom stereocenters. The first-order valence-corrected chi connectivity index (χ1v) is 3.31. The van der Waals surface area contributed by atoms with Crippen LogP contribution < -0.4 is 11.3 Å². The van der Waals surface area contributed by atoms with Gasteiger partial charge in [0, 0.05) is 11.8 Å². The largest absolute Gasteiger partial charge is 0.382 e. The van der Waals surface area contributed by atoms with Crippen LogP contribution in [-0.2, 0) is 0 Å². The second kappa shape index (κ2) is 2.51. The lowest BCUT2D eigenvalue weighted by molar-refractivity contribution is 1.21. The van der Waals surface area contributed by atoms with Gasteiger partial charge in [-0.1, -0.05) is 0 Å². The lowest BCUT2D eigenvalue weighted by Crippen LogP contribution is -2.12. The molecule has 0 spiro atoms. The van der Waals surface area contributed by atoms with Gasteiger partial charge in [-0.15, -0.1) is 0 Å². The van der Waals surface area contributed by atoms with E-state index in [0.717, 1.165) is 0 Å². The summed E-state index contributed by atoms with van der Waals surface area (Å²) in [5.74, 6) is 0.421. The Balaban J connectivity index is 3.17. The lowest BCUT2D eigenvalue weighted by Gasteiger charge is -1.95. The number of aromatic nitrogens is 2. The summed E-state index contributed by atoms with van der Waals surface area (Å²) in [4.78, 5) is 7.61. The highest BCUT2D eigenvalue weighted by Crippen LogP contribution is 2.03. The Bertz CT molecular complexity index is 227. The number of anilines is 1. The molecule has 44 valence electrons. The summed E-state index contributed by atoms with van der Waals surface area (Å²) < 4.78 is 0.646. The number of hydrogen-bond acceptors (Lipinski definition) is 3. The maximum atomic E-state index is 5.35. The molecule has 1 rings (SSSR count). The number of halogens is 1. The van der Waals surface area contributed by atoms with Gasteiger partial charge in [-0.25, -0.2) is 4.98 Å². The molecule has 1 heterocycles. The van der Waals surface area contributed by atoms with Crippen LogP contribution in [0.5, 0.6) is 0 Å². The number of nitrogens with two attached hydrogens (primary N) is 1. The van der Waals surface area contributed by atoms with E-state index in [-0.39, 0.29) is 0 Å². The monoisotopic (exact) mass is 231 g/mol. The van der Waals surface area contributed by atoms with Gasteiger partial charge in [0.2, 0.25) is 0 Å². The Morgan fingerprint density at radius 2 is 2.33 bits per heavy atom. The van der Waals surface area contributed by atoms with Gasteiger partial charge in [-0.3, -0.25) is 4.98 Å². The molecular formula is C4H3BIN3. The molecule has 5 heteroatoms. The van der Waals surface area contributed by atoms with Crippen molar-refractivity contribution in [2.45, 2.75) is 0 Å². The van der Waals surface area contributed by atoms with Crippen LogP contribution in [0.4, 0.5) is 5.82 Å². The van der Waals surface area contributed by atoms with Gasteiger partial charge in [-0.2, -0.15) is 0 Å². The summed E-state index contributed by atoms with van der Waals surface area (Å²) in [6, 6.07) is 0. The van der Waals surface area contributed by atoms with E-state index in [1.165, 1.54) is 6.20 Å². The molecular weight excluding hydrogens is 228 g/mol. The van der Waals surface area contributed by atoms with E-state index in [2.05, 4.69) is 9.97 Å². The molecule has 0 aliphatic carbocycles. The number of nitrogens with zero attached hydrogens (tertiary/aromatic N) is 2. The Hall–Kier alpha value is -0.325. The highest BCUT2D eigenvalue weighted by molar-refractivity contribution is 14.1. The minimum atomic E-state index is 0.397. The van der Waals surface area contributed by atoms with Gasteiger partial charge >= 0.3 is 0 Å². The maximum Gasteiger partial charge on any atom is 0.155 e. The smallest absolute Gasteiger partial charge is 0.155 e. The SMILES string of the molecule is [B]c1cnc(N)c(I)n1. The first kappa shape index (κ1) is 6.79. The molecule has 2 N–H and O–H groups in total. The lowest BCUT2D eigenvalue weighted by atomic mass is 10.1. The summed E-state index contributed by atoms with van der Waals surface area (Å²) in [7, 11) is 5.29. The Labute approximate surface area is 67.6 Å². The van der Waals surface area contributed by atoms with Crippen molar-refractivity contribution in [2.24, 2.45) is 0 Å². The molecule has 1 aromatic rings. The average Bonchev–Trinajstić information content (AvgIpc) is 1.80. The van der Waals surface area contributed by atoms with Crippen LogP contribution >= 0.6 is 22.6 Å². The van der Waals surface area contributed by atoms with Crippen molar-refractivity contribution in [3.05, 3.63) is 9.90 Å². The van der Waals surface area contributed by atoms with Crippen LogP contribution in [0.25, 0.3) is 0 Å². The summed E-state index contributed by atoms with van der Waals surface area (Å²) in [6.07, 6.45) is 1.43. The Kier molecular flexibility index (Phi) is 1.89. The Morgan fingerprint density at radius 3 is 2.78 bits per heavy atom. The normalized spacial score (nSPS) is 9.44. The van der Waals surface area contributed by atoms with Crippen LogP contribution in [-0.4, -0.2) is 17.8 Å². The van der Waals surface area contributed by atoms with E-state index in [1.807, 2.05) is 22.6 Å². The molecule has 9 heavy (non-hydrogen) atoms. The minimum absolute atomic E-state index is 0.397. The second-order valence-electron chi connectivity index (χ2n) is 1.47. The van der Waals surface area contributed by atoms with Crippen molar-refractivity contribution in [2.75, 3.05) is 5.73 Å². The average molecular weight is 231 g/mol. The quantitative estimate of drug-likeness (QED) is 0.481. The molecule has 0 atom stereocenters. The standard InChI is InChI=1S/C4H3BIN3/c5-2-1-8-4(7)3(6)9-2/h1H,(H2,7,8). The topological polar surface area (TPSA) is 51.8 Å². The Morgan fingerprint density at radius 1 is 1.67 bits per heavy atom. The fourth-order valence-corrected chi connectivity index (χ4v) is 0.806. The van der Waals surface area contributed by atoms with Gasteiger partial charge in [-0.05, 0) is 22.6 Å². The highest BCUT2D eigenvalue weighted by Gasteiger charge is 1.94. The predicted octanol–water partition coefficient (Wildman–Crippen LogP) is -0.543. The third-order valence-corrected chi connectivity index (χ3v) is 1.57. The van der Waals surface area contributed by atoms with Gasteiger partial charge in [0.05, 0.1) is 0 Å². The fourth-order valence-electron chi connectivity index (χ4n) is 0.388. The van der Waals surface area contributed by atoms with Crippen molar-refractivity contribution in [3.8, 4) is 0 Å². The zero-order chi connectivity index (χ0) is 6.85. The van der Waals surface area contributed by atoms with Gasteiger partial charge in [0.15, 0.2) is 5.82 Å². The van der Waals surface area contributed by atoms with E-state index < -0.39 is 0 Å². The zero-order valence-electron chi connectivity index (χ0n) is 4.50. The third kappa shape index (κ3) is 1.54. The molecule has 0 aromatic carbocycles. The van der Waals surface area contributed by atoms with Gasteiger partial charge in [0.25, 0.3) is 0 Å². The van der Waals surface area contributed by atoms with Crippen LogP contribution in [0, 0.1) is 3.70 Å². The first-order valence-electron chi connectivity index (χ1n) is 2.23. The molecule has 0 aliphatic rings. The van der Waals surface area contributed by atoms with E-state index in [9.17, 15) is 0 Å². The van der Waals surface area contributed by atoms with Crippen molar-refractivity contribution in [3.63, 3.8) is 0 Å². The van der Waals surface area contributed by atoms with E-state index in [0.29, 0.717) is 15.1 Å². The zero-order valence-corrected chi connectivity index (χ0v) is 6.66. The molecule has 2 radical (unpaired) electrons. The molecule has 0 aliphatic heterocycles. The van der Waals surface area contributed by atoms with Gasteiger partial charge in [0.1, 0.15) is 11.5 Å². The molecule has 1 aromatic heterocycles. The van der Waals surface area contributed by atoms with E-state index in [1.54, 1.807) is 0 Å². The van der Waals surface area contributed by atoms with Crippen molar-refractivity contribution in [1.82, 2.24) is 9.97 Å². The summed E-state index contributed by atoms with van der Waals surface area (Å²) >= 11 is 1.97. The van der Waals surface area contributed by atoms with Crippen LogP contribution in [0.15, 0.2) is 6.20 Å². The van der Waals surface area contributed by atoms with Crippen molar-refractivity contribution < 1.29 is 0 Å². The fraction of sp³-hybridized carbons (Fsp3) is 0. The summed E-state index contributed by atoms with van der Waals surface area (Å²) in [5.41, 5.74) is 5.75. The molecule has 0 bridgehead atoms. The maximum absolute atomic E-state index is 5.35. The molecule has 3 nitrogen and oxygen atoms in total. The third-order valence-electron chi connectivity index (χ3n) is 0.775. The van der Waals surface area contributed by atoms with Crippen LogP contribution in [0.3, 0.4) is 0 Å². The minimum Gasteiger partial charge on any atom is -0.382 e. The van der Waals surface area contributed by atoms with E-state index in [4.69, 9.17) is 13.6 Å². The van der Waals surface area contributed by atoms with Crippen LogP contribution in [0.2, 0.25) is 0 Å². The number of hydrogen-bond donors (Lipinski definition) is 1. The summed E-state index contributed by atoms with van der Waals surface area (Å²) in [5, 5.41) is 0. The number of nitrogen functional groups attached to an aromatic ring is 1. The highest BCUT2D eigenvalue weighted by atomic mass is 127. The predicted molar refractivity (Wildman–Crippen MR) is 44.5 cm³/mol. The molecule has 0 amide bonds. The summed E-state index contributed by atoms with van der Waals surface area (Å²) in [6.45, 7) is 0. The second-order valence-corrected chi connectivity index (χ2v) is 2.49. The molecule has 0 saturated carbocycles. The van der Waals surface area contributed by atoms with Crippen molar-refractivity contribution >= 4 is 41.8 Å². The van der Waals surface area contributed by atoms with Gasteiger partial charge < -0.3 is 5.73 Å². The first-order chi connectivity index (χ1) is 4.20. The van der Waals surface area contributed by atoms with Crippen LogP contribution in [0.1, 0.15) is 0 Å². The molecule has 0 fully saturated rings. The van der Waals surface area contributed by atoms with E-state index >= 15 is 0 Å². The number of rotatable bonds is 0.